The van der Waals surface area contributed by atoms with Crippen LogP contribution in [-0.4, -0.2) is 47.7 Å². The van der Waals surface area contributed by atoms with E-state index in [2.05, 4.69) is 0 Å². The van der Waals surface area contributed by atoms with Crippen LogP contribution in [0.5, 0.6) is 0 Å². The third kappa shape index (κ3) is 2.55. The lowest BCUT2D eigenvalue weighted by Crippen LogP contribution is -2.56. The molecule has 5 nitrogen and oxygen atoms in total. The summed E-state index contributed by atoms with van der Waals surface area (Å²) in [7, 11) is 1.32. The van der Waals surface area contributed by atoms with Crippen LogP contribution < -0.4 is 0 Å². The van der Waals surface area contributed by atoms with E-state index in [1.807, 2.05) is 0 Å². The molecule has 1 aliphatic heterocycles. The molecule has 1 unspecified atom stereocenters. The van der Waals surface area contributed by atoms with Crippen molar-refractivity contribution in [1.29, 1.82) is 0 Å². The van der Waals surface area contributed by atoms with Gasteiger partial charge < -0.3 is 14.7 Å². The monoisotopic (exact) mass is 333 g/mol. The largest absolute Gasteiger partial charge is 0.479 e. The molecule has 1 atom stereocenters. The van der Waals surface area contributed by atoms with Gasteiger partial charge in [0.1, 0.15) is 10.8 Å². The number of methoxy groups -OCH3 is 1. The maximum atomic E-state index is 14.0. The lowest BCUT2D eigenvalue weighted by atomic mass is 9.96. The second kappa shape index (κ2) is 6.18. The Bertz CT molecular complexity index is 625. The Labute approximate surface area is 130 Å². The molecule has 1 N–H and O–H groups in total. The van der Waals surface area contributed by atoms with Crippen molar-refractivity contribution < 1.29 is 28.2 Å². The van der Waals surface area contributed by atoms with E-state index in [-0.39, 0.29) is 19.6 Å². The van der Waals surface area contributed by atoms with E-state index in [0.717, 1.165) is 17.0 Å². The van der Waals surface area contributed by atoms with Gasteiger partial charge in [0.2, 0.25) is 0 Å². The van der Waals surface area contributed by atoms with E-state index >= 15 is 0 Å². The molecule has 1 amide bonds. The summed E-state index contributed by atoms with van der Waals surface area (Å²) < 4.78 is 32.1. The molecule has 0 saturated carbocycles. The van der Waals surface area contributed by atoms with Gasteiger partial charge in [-0.2, -0.15) is 0 Å². The maximum absolute atomic E-state index is 14.0. The van der Waals surface area contributed by atoms with E-state index in [9.17, 15) is 23.5 Å². The molecule has 0 aromatic heterocycles. The predicted octanol–water partition coefficient (Wildman–Crippen LogP) is 2.32. The Kier molecular flexibility index (Phi) is 4.67. The summed E-state index contributed by atoms with van der Waals surface area (Å²) >= 11 is 5.47. The first kappa shape index (κ1) is 16.6. The molecule has 0 bridgehead atoms. The van der Waals surface area contributed by atoms with Crippen LogP contribution in [0.4, 0.5) is 8.78 Å². The fraction of sp³-hybridized carbons (Fsp3) is 0.429. The highest BCUT2D eigenvalue weighted by molar-refractivity contribution is 6.31. The number of benzene rings is 1. The van der Waals surface area contributed by atoms with E-state index in [1.54, 1.807) is 0 Å². The van der Waals surface area contributed by atoms with Crippen LogP contribution >= 0.6 is 11.6 Å². The highest BCUT2D eigenvalue weighted by Gasteiger charge is 2.50. The molecule has 22 heavy (non-hydrogen) atoms. The zero-order chi connectivity index (χ0) is 16.5. The number of halogens is 3. The number of hydrogen-bond acceptors (Lipinski definition) is 3. The van der Waals surface area contributed by atoms with Crippen molar-refractivity contribution in [3.05, 3.63) is 34.4 Å². The van der Waals surface area contributed by atoms with Crippen molar-refractivity contribution in [3.8, 4) is 0 Å². The van der Waals surface area contributed by atoms with E-state index in [0.29, 0.717) is 6.42 Å². The molecular formula is C14H14ClF2NO4. The molecule has 0 spiro atoms. The molecule has 0 radical (unpaired) electrons. The minimum atomic E-state index is -1.56. The lowest BCUT2D eigenvalue weighted by molar-refractivity contribution is -0.151. The van der Waals surface area contributed by atoms with Gasteiger partial charge in [-0.1, -0.05) is 11.6 Å². The van der Waals surface area contributed by atoms with Crippen molar-refractivity contribution in [2.75, 3.05) is 20.3 Å². The zero-order valence-electron chi connectivity index (χ0n) is 11.7. The second-order valence-corrected chi connectivity index (χ2v) is 5.43. The number of carboxylic acid groups (broad SMARTS) is 1. The van der Waals surface area contributed by atoms with Gasteiger partial charge in [0.25, 0.3) is 5.91 Å². The Morgan fingerprint density at radius 3 is 2.73 bits per heavy atom. The number of likely N-dealkylation sites (tertiary alicyclic amines) is 1. The van der Waals surface area contributed by atoms with E-state index < -0.39 is 39.6 Å². The van der Waals surface area contributed by atoms with Crippen molar-refractivity contribution in [2.24, 2.45) is 0 Å². The highest BCUT2D eigenvalue weighted by Crippen LogP contribution is 2.33. The summed E-state index contributed by atoms with van der Waals surface area (Å²) in [5.74, 6) is -4.26. The first-order valence-corrected chi connectivity index (χ1v) is 6.90. The summed E-state index contributed by atoms with van der Waals surface area (Å²) in [4.78, 5) is 25.2. The Balaban J connectivity index is 2.44. The number of ether oxygens (including phenoxy) is 1. The topological polar surface area (TPSA) is 66.8 Å². The van der Waals surface area contributed by atoms with Gasteiger partial charge in [-0.05, 0) is 25.0 Å². The number of hydrogen-bond donors (Lipinski definition) is 1. The lowest BCUT2D eigenvalue weighted by Gasteiger charge is -2.34. The minimum Gasteiger partial charge on any atom is -0.479 e. The zero-order valence-corrected chi connectivity index (χ0v) is 12.5. The fourth-order valence-electron chi connectivity index (χ4n) is 2.68. The van der Waals surface area contributed by atoms with Crippen LogP contribution in [0.25, 0.3) is 0 Å². The second-order valence-electron chi connectivity index (χ2n) is 5.05. The smallest absolute Gasteiger partial charge is 0.332 e. The number of aliphatic carboxylic acids is 1. The average Bonchev–Trinajstić information content (AvgIpc) is 2.90. The maximum Gasteiger partial charge on any atom is 0.332 e. The fourth-order valence-corrected chi connectivity index (χ4v) is 2.85. The van der Waals surface area contributed by atoms with Crippen LogP contribution in [0.3, 0.4) is 0 Å². The van der Waals surface area contributed by atoms with Crippen LogP contribution in [0, 0.1) is 11.6 Å². The van der Waals surface area contributed by atoms with Gasteiger partial charge in [0.05, 0.1) is 12.2 Å². The van der Waals surface area contributed by atoms with Crippen LogP contribution in [0.1, 0.15) is 23.2 Å². The number of rotatable bonds is 4. The number of carbonyl (C=O) groups is 2. The highest BCUT2D eigenvalue weighted by atomic mass is 35.5. The van der Waals surface area contributed by atoms with Crippen LogP contribution in [0.15, 0.2) is 12.1 Å². The van der Waals surface area contributed by atoms with E-state index in [1.165, 1.54) is 7.11 Å². The molecule has 120 valence electrons. The molecule has 1 heterocycles. The molecule has 1 aromatic carbocycles. The Morgan fingerprint density at radius 2 is 2.14 bits per heavy atom. The number of carbonyl (C=O) groups excluding carboxylic acids is 1. The quantitative estimate of drug-likeness (QED) is 0.859. The van der Waals surface area contributed by atoms with Crippen LogP contribution in [-0.2, 0) is 9.53 Å². The number of nitrogens with zero attached hydrogens (tertiary/aromatic N) is 1. The molecular weight excluding hydrogens is 320 g/mol. The van der Waals surface area contributed by atoms with Gasteiger partial charge >= 0.3 is 5.97 Å². The first-order chi connectivity index (χ1) is 10.3. The predicted molar refractivity (Wildman–Crippen MR) is 73.9 cm³/mol. The first-order valence-electron chi connectivity index (χ1n) is 6.53. The third-order valence-corrected chi connectivity index (χ3v) is 4.13. The van der Waals surface area contributed by atoms with Crippen molar-refractivity contribution in [2.45, 2.75) is 18.4 Å². The summed E-state index contributed by atoms with van der Waals surface area (Å²) in [6, 6.07) is 1.82. The summed E-state index contributed by atoms with van der Waals surface area (Å²) in [6.45, 7) is -0.0758. The molecule has 2 rings (SSSR count). The SMILES string of the molecule is COCC1(C(=O)O)CCCN1C(=O)c1ccc(F)c(Cl)c1F. The number of amides is 1. The average molecular weight is 334 g/mol. The van der Waals surface area contributed by atoms with Gasteiger partial charge in [-0.3, -0.25) is 4.79 Å². The van der Waals surface area contributed by atoms with Crippen molar-refractivity contribution in [3.63, 3.8) is 0 Å². The van der Waals surface area contributed by atoms with Crippen molar-refractivity contribution >= 4 is 23.5 Å². The van der Waals surface area contributed by atoms with Gasteiger partial charge in [-0.15, -0.1) is 0 Å². The Morgan fingerprint density at radius 1 is 1.45 bits per heavy atom. The van der Waals surface area contributed by atoms with Crippen LogP contribution in [0.2, 0.25) is 5.02 Å². The molecule has 1 aliphatic rings. The Hall–Kier alpha value is -1.73. The normalized spacial score (nSPS) is 21.2. The molecule has 1 saturated heterocycles. The van der Waals surface area contributed by atoms with Crippen molar-refractivity contribution in [1.82, 2.24) is 4.90 Å². The summed E-state index contributed by atoms with van der Waals surface area (Å²) in [6.07, 6.45) is 0.635. The van der Waals surface area contributed by atoms with Gasteiger partial charge in [-0.25, -0.2) is 13.6 Å². The molecule has 0 aliphatic carbocycles. The molecule has 1 fully saturated rings. The summed E-state index contributed by atoms with van der Waals surface area (Å²) in [5, 5.41) is 8.68. The molecule has 8 heteroatoms. The third-order valence-electron chi connectivity index (χ3n) is 3.78. The standard InChI is InChI=1S/C14H14ClF2NO4/c1-22-7-14(13(20)21)5-2-6-18(14)12(19)8-3-4-9(16)10(15)11(8)17/h3-4H,2,5-7H2,1H3,(H,20,21). The van der Waals surface area contributed by atoms with Gasteiger partial charge in [0.15, 0.2) is 11.4 Å². The minimum absolute atomic E-state index is 0.142. The molecule has 1 aromatic rings. The summed E-state index contributed by atoms with van der Waals surface area (Å²) in [5.41, 5.74) is -2.02. The van der Waals surface area contributed by atoms with E-state index in [4.69, 9.17) is 16.3 Å². The van der Waals surface area contributed by atoms with Gasteiger partial charge in [0, 0.05) is 13.7 Å². The number of carboxylic acids is 1.